The van der Waals surface area contributed by atoms with Crippen molar-refractivity contribution in [3.63, 3.8) is 0 Å². The first kappa shape index (κ1) is 22.0. The van der Waals surface area contributed by atoms with Gasteiger partial charge in [0.05, 0.1) is 0 Å². The summed E-state index contributed by atoms with van der Waals surface area (Å²) in [6.45, 7) is 3.72. The first-order valence-corrected chi connectivity index (χ1v) is 9.69. The van der Waals surface area contributed by atoms with Gasteiger partial charge in [-0.15, -0.1) is 0 Å². The standard InChI is InChI=1S/C24H27NO4/c1-2-18-28-23(26)22(17-11-5-8-14-20-12-6-3-7-13-20)25-24(27)29-19-21-15-9-4-10-16-21/h2-4,6-7,9-10,12-13,15-17H,1,5,8,11,14,18-19H2,(H,25,27). The van der Waals surface area contributed by atoms with Gasteiger partial charge in [-0.05, 0) is 36.8 Å². The fourth-order valence-electron chi connectivity index (χ4n) is 2.63. The third kappa shape index (κ3) is 8.93. The Balaban J connectivity index is 1.84. The van der Waals surface area contributed by atoms with Crippen LogP contribution in [0.5, 0.6) is 0 Å². The number of esters is 1. The molecule has 1 N–H and O–H groups in total. The first-order valence-electron chi connectivity index (χ1n) is 9.69. The second kappa shape index (κ2) is 12.9. The molecule has 2 aromatic carbocycles. The van der Waals surface area contributed by atoms with Gasteiger partial charge < -0.3 is 9.47 Å². The van der Waals surface area contributed by atoms with E-state index in [4.69, 9.17) is 9.47 Å². The highest BCUT2D eigenvalue weighted by Gasteiger charge is 2.14. The minimum Gasteiger partial charge on any atom is -0.457 e. The van der Waals surface area contributed by atoms with Crippen molar-refractivity contribution in [3.05, 3.63) is 96.2 Å². The largest absolute Gasteiger partial charge is 0.457 e. The molecule has 2 aromatic rings. The fourth-order valence-corrected chi connectivity index (χ4v) is 2.63. The Hall–Kier alpha value is -3.34. The second-order valence-corrected chi connectivity index (χ2v) is 6.42. The lowest BCUT2D eigenvalue weighted by molar-refractivity contribution is -0.138. The summed E-state index contributed by atoms with van der Waals surface area (Å²) in [6.07, 6.45) is 5.94. The van der Waals surface area contributed by atoms with E-state index < -0.39 is 12.1 Å². The summed E-state index contributed by atoms with van der Waals surface area (Å²) in [5.41, 5.74) is 2.23. The Morgan fingerprint density at radius 2 is 1.55 bits per heavy atom. The van der Waals surface area contributed by atoms with Crippen LogP contribution in [-0.4, -0.2) is 18.7 Å². The first-order chi connectivity index (χ1) is 14.2. The summed E-state index contributed by atoms with van der Waals surface area (Å²) >= 11 is 0. The Morgan fingerprint density at radius 3 is 2.21 bits per heavy atom. The number of hydrogen-bond donors (Lipinski definition) is 1. The van der Waals surface area contributed by atoms with Crippen molar-refractivity contribution in [2.24, 2.45) is 0 Å². The molecule has 0 atom stereocenters. The van der Waals surface area contributed by atoms with Crippen molar-refractivity contribution < 1.29 is 19.1 Å². The number of allylic oxidation sites excluding steroid dienone is 1. The highest BCUT2D eigenvalue weighted by molar-refractivity contribution is 5.92. The lowest BCUT2D eigenvalue weighted by Crippen LogP contribution is -2.29. The molecule has 0 heterocycles. The fraction of sp³-hybridized carbons (Fsp3) is 0.250. The van der Waals surface area contributed by atoms with Gasteiger partial charge in [0.15, 0.2) is 0 Å². The van der Waals surface area contributed by atoms with E-state index in [0.29, 0.717) is 6.42 Å². The van der Waals surface area contributed by atoms with Crippen molar-refractivity contribution >= 4 is 12.1 Å². The summed E-state index contributed by atoms with van der Waals surface area (Å²) in [5.74, 6) is -0.607. The predicted octanol–water partition coefficient (Wildman–Crippen LogP) is 4.94. The third-order valence-corrected chi connectivity index (χ3v) is 4.11. The molecule has 5 heteroatoms. The summed E-state index contributed by atoms with van der Waals surface area (Å²) in [4.78, 5) is 24.3. The summed E-state index contributed by atoms with van der Waals surface area (Å²) in [7, 11) is 0. The Kier molecular flexibility index (Phi) is 9.80. The molecule has 0 aromatic heterocycles. The second-order valence-electron chi connectivity index (χ2n) is 6.42. The summed E-state index contributed by atoms with van der Waals surface area (Å²) < 4.78 is 10.2. The van der Waals surface area contributed by atoms with Crippen LogP contribution in [-0.2, 0) is 27.3 Å². The number of alkyl carbamates (subject to hydrolysis) is 1. The molecular formula is C24H27NO4. The molecule has 1 amide bonds. The molecule has 152 valence electrons. The van der Waals surface area contributed by atoms with Crippen LogP contribution in [0.4, 0.5) is 4.79 Å². The van der Waals surface area contributed by atoms with E-state index in [-0.39, 0.29) is 18.9 Å². The van der Waals surface area contributed by atoms with E-state index in [1.165, 1.54) is 11.6 Å². The maximum atomic E-state index is 12.2. The molecule has 5 nitrogen and oxygen atoms in total. The van der Waals surface area contributed by atoms with Crippen LogP contribution in [0.2, 0.25) is 0 Å². The Morgan fingerprint density at radius 1 is 0.897 bits per heavy atom. The average molecular weight is 393 g/mol. The zero-order chi connectivity index (χ0) is 20.7. The van der Waals surface area contributed by atoms with Crippen LogP contribution in [0.1, 0.15) is 30.4 Å². The lowest BCUT2D eigenvalue weighted by atomic mass is 10.1. The predicted molar refractivity (Wildman–Crippen MR) is 113 cm³/mol. The highest BCUT2D eigenvalue weighted by atomic mass is 16.6. The highest BCUT2D eigenvalue weighted by Crippen LogP contribution is 2.08. The molecule has 0 saturated carbocycles. The van der Waals surface area contributed by atoms with Crippen LogP contribution in [0.15, 0.2) is 85.1 Å². The van der Waals surface area contributed by atoms with Crippen LogP contribution in [0.3, 0.4) is 0 Å². The zero-order valence-electron chi connectivity index (χ0n) is 16.5. The van der Waals surface area contributed by atoms with E-state index in [1.807, 2.05) is 48.5 Å². The number of rotatable bonds is 11. The quantitative estimate of drug-likeness (QED) is 0.254. The number of carbonyl (C=O) groups is 2. The van der Waals surface area contributed by atoms with Gasteiger partial charge in [0, 0.05) is 0 Å². The van der Waals surface area contributed by atoms with Crippen LogP contribution in [0.25, 0.3) is 0 Å². The van der Waals surface area contributed by atoms with Crippen LogP contribution < -0.4 is 5.32 Å². The third-order valence-electron chi connectivity index (χ3n) is 4.11. The summed E-state index contributed by atoms with van der Waals surface area (Å²) in [5, 5.41) is 2.50. The lowest BCUT2D eigenvalue weighted by Gasteiger charge is -2.10. The van der Waals surface area contributed by atoms with Crippen molar-refractivity contribution in [2.75, 3.05) is 6.61 Å². The number of nitrogens with one attached hydrogen (secondary N) is 1. The van der Waals surface area contributed by atoms with Gasteiger partial charge in [-0.3, -0.25) is 5.32 Å². The normalized spacial score (nSPS) is 10.8. The smallest absolute Gasteiger partial charge is 0.412 e. The van der Waals surface area contributed by atoms with E-state index in [0.717, 1.165) is 24.8 Å². The van der Waals surface area contributed by atoms with E-state index in [9.17, 15) is 9.59 Å². The van der Waals surface area contributed by atoms with Gasteiger partial charge >= 0.3 is 12.1 Å². The topological polar surface area (TPSA) is 64.6 Å². The maximum Gasteiger partial charge on any atom is 0.412 e. The number of benzene rings is 2. The number of hydrogen-bond acceptors (Lipinski definition) is 4. The van der Waals surface area contributed by atoms with Crippen LogP contribution >= 0.6 is 0 Å². The molecule has 2 rings (SSSR count). The number of amides is 1. The minimum absolute atomic E-state index is 0.0743. The average Bonchev–Trinajstić information content (AvgIpc) is 2.76. The molecule has 0 bridgehead atoms. The molecule has 0 fully saturated rings. The van der Waals surface area contributed by atoms with Crippen molar-refractivity contribution in [1.82, 2.24) is 5.32 Å². The molecule has 0 unspecified atom stereocenters. The number of ether oxygens (including phenoxy) is 2. The zero-order valence-corrected chi connectivity index (χ0v) is 16.5. The number of carbonyl (C=O) groups excluding carboxylic acids is 2. The molecule has 0 radical (unpaired) electrons. The van der Waals surface area contributed by atoms with Crippen molar-refractivity contribution in [1.29, 1.82) is 0 Å². The molecular weight excluding hydrogens is 366 g/mol. The van der Waals surface area contributed by atoms with Crippen molar-refractivity contribution in [2.45, 2.75) is 32.3 Å². The molecule has 29 heavy (non-hydrogen) atoms. The molecule has 0 aliphatic rings. The van der Waals surface area contributed by atoms with E-state index in [2.05, 4.69) is 24.0 Å². The molecule has 0 spiro atoms. The number of aryl methyl sites for hydroxylation is 1. The molecule has 0 aliphatic heterocycles. The van der Waals surface area contributed by atoms with Gasteiger partial charge in [0.2, 0.25) is 0 Å². The minimum atomic E-state index is -0.694. The maximum absolute atomic E-state index is 12.2. The van der Waals surface area contributed by atoms with E-state index >= 15 is 0 Å². The van der Waals surface area contributed by atoms with E-state index in [1.54, 1.807) is 6.08 Å². The van der Waals surface area contributed by atoms with Crippen molar-refractivity contribution in [3.8, 4) is 0 Å². The van der Waals surface area contributed by atoms with Gasteiger partial charge in [-0.25, -0.2) is 9.59 Å². The molecule has 0 aliphatic carbocycles. The molecule has 0 saturated heterocycles. The Bertz CT molecular complexity index is 800. The van der Waals surface area contributed by atoms with Gasteiger partial charge in [0.25, 0.3) is 0 Å². The Labute approximate surface area is 172 Å². The van der Waals surface area contributed by atoms with Crippen LogP contribution in [0, 0.1) is 0 Å². The monoisotopic (exact) mass is 393 g/mol. The van der Waals surface area contributed by atoms with Gasteiger partial charge in [0.1, 0.15) is 18.9 Å². The summed E-state index contributed by atoms with van der Waals surface area (Å²) in [6, 6.07) is 19.6. The van der Waals surface area contributed by atoms with Gasteiger partial charge in [-0.1, -0.05) is 79.4 Å². The number of unbranched alkanes of at least 4 members (excludes halogenated alkanes) is 2. The van der Waals surface area contributed by atoms with Gasteiger partial charge in [-0.2, -0.15) is 0 Å². The SMILES string of the molecule is C=CCOC(=O)C(=CCCCCc1ccccc1)NC(=O)OCc1ccccc1.